The van der Waals surface area contributed by atoms with Gasteiger partial charge < -0.3 is 10.6 Å². The van der Waals surface area contributed by atoms with Gasteiger partial charge in [-0.05, 0) is 25.8 Å². The standard InChI is InChI=1S/C16H20N4O/c1-11-4-6-12(7-5-11)14-9-15(19-18-14)16(21)20-8-2-3-13(20)10-17/h4-7,9,13H,2-3,8,10,17H2,1H3,(H,18,19). The van der Waals surface area contributed by atoms with E-state index in [-0.39, 0.29) is 11.9 Å². The van der Waals surface area contributed by atoms with Gasteiger partial charge in [-0.3, -0.25) is 9.89 Å². The van der Waals surface area contributed by atoms with Crippen LogP contribution in [0.1, 0.15) is 28.9 Å². The lowest BCUT2D eigenvalue weighted by Crippen LogP contribution is -2.40. The Morgan fingerprint density at radius 2 is 2.19 bits per heavy atom. The van der Waals surface area contributed by atoms with Crippen molar-refractivity contribution in [1.29, 1.82) is 0 Å². The summed E-state index contributed by atoms with van der Waals surface area (Å²) in [7, 11) is 0. The molecule has 1 saturated heterocycles. The molecule has 0 aliphatic carbocycles. The van der Waals surface area contributed by atoms with E-state index in [2.05, 4.69) is 10.2 Å². The van der Waals surface area contributed by atoms with E-state index in [1.54, 1.807) is 0 Å². The highest BCUT2D eigenvalue weighted by Gasteiger charge is 2.29. The minimum Gasteiger partial charge on any atom is -0.333 e. The average molecular weight is 284 g/mol. The molecule has 110 valence electrons. The number of aromatic amines is 1. The highest BCUT2D eigenvalue weighted by atomic mass is 16.2. The van der Waals surface area contributed by atoms with E-state index >= 15 is 0 Å². The van der Waals surface area contributed by atoms with Gasteiger partial charge in [-0.1, -0.05) is 29.8 Å². The van der Waals surface area contributed by atoms with Crippen LogP contribution in [0.25, 0.3) is 11.3 Å². The van der Waals surface area contributed by atoms with E-state index in [1.165, 1.54) is 5.56 Å². The molecule has 0 saturated carbocycles. The Labute approximate surface area is 124 Å². The number of nitrogens with zero attached hydrogens (tertiary/aromatic N) is 2. The molecule has 0 bridgehead atoms. The average Bonchev–Trinajstić information content (AvgIpc) is 3.16. The quantitative estimate of drug-likeness (QED) is 0.904. The molecule has 21 heavy (non-hydrogen) atoms. The number of likely N-dealkylation sites (tertiary alicyclic amines) is 1. The SMILES string of the molecule is Cc1ccc(-c2cc(C(=O)N3CCCC3CN)[nH]n2)cc1. The molecule has 0 spiro atoms. The third-order valence-corrected chi connectivity index (χ3v) is 4.07. The molecular weight excluding hydrogens is 264 g/mol. The molecule has 5 nitrogen and oxygen atoms in total. The number of nitrogens with two attached hydrogens (primary N) is 1. The second-order valence-corrected chi connectivity index (χ2v) is 5.56. The number of rotatable bonds is 3. The van der Waals surface area contributed by atoms with Crippen molar-refractivity contribution in [3.8, 4) is 11.3 Å². The number of hydrogen-bond donors (Lipinski definition) is 2. The normalized spacial score (nSPS) is 18.2. The molecule has 1 amide bonds. The predicted molar refractivity (Wildman–Crippen MR) is 81.9 cm³/mol. The van der Waals surface area contributed by atoms with Crippen molar-refractivity contribution >= 4 is 5.91 Å². The number of H-pyrrole nitrogens is 1. The number of aryl methyl sites for hydroxylation is 1. The van der Waals surface area contributed by atoms with Gasteiger partial charge in [-0.15, -0.1) is 0 Å². The lowest BCUT2D eigenvalue weighted by atomic mass is 10.1. The van der Waals surface area contributed by atoms with Gasteiger partial charge in [0.05, 0.1) is 5.69 Å². The molecule has 1 aliphatic rings. The summed E-state index contributed by atoms with van der Waals surface area (Å²) < 4.78 is 0. The maximum Gasteiger partial charge on any atom is 0.272 e. The molecule has 3 N–H and O–H groups in total. The minimum atomic E-state index is -0.00573. The molecular formula is C16H20N4O. The van der Waals surface area contributed by atoms with Crippen LogP contribution in [-0.2, 0) is 0 Å². The Morgan fingerprint density at radius 3 is 2.90 bits per heavy atom. The van der Waals surface area contributed by atoms with Gasteiger partial charge >= 0.3 is 0 Å². The molecule has 1 aromatic heterocycles. The Hall–Kier alpha value is -2.14. The molecule has 5 heteroatoms. The van der Waals surface area contributed by atoms with Crippen LogP contribution in [0.4, 0.5) is 0 Å². The van der Waals surface area contributed by atoms with Crippen molar-refractivity contribution in [3.05, 3.63) is 41.6 Å². The minimum absolute atomic E-state index is 0.00573. The zero-order valence-electron chi connectivity index (χ0n) is 12.2. The van der Waals surface area contributed by atoms with Crippen molar-refractivity contribution in [3.63, 3.8) is 0 Å². The third-order valence-electron chi connectivity index (χ3n) is 4.07. The topological polar surface area (TPSA) is 75.0 Å². The Morgan fingerprint density at radius 1 is 1.43 bits per heavy atom. The summed E-state index contributed by atoms with van der Waals surface area (Å²) in [5.74, 6) is -0.00573. The first kappa shape index (κ1) is 13.8. The first-order valence-corrected chi connectivity index (χ1v) is 7.32. The van der Waals surface area contributed by atoms with Gasteiger partial charge in [0.2, 0.25) is 0 Å². The fourth-order valence-corrected chi connectivity index (χ4v) is 2.81. The summed E-state index contributed by atoms with van der Waals surface area (Å²) in [6.07, 6.45) is 2.01. The van der Waals surface area contributed by atoms with E-state index in [4.69, 9.17) is 5.73 Å². The van der Waals surface area contributed by atoms with Crippen molar-refractivity contribution in [1.82, 2.24) is 15.1 Å². The van der Waals surface area contributed by atoms with Crippen LogP contribution in [0.5, 0.6) is 0 Å². The van der Waals surface area contributed by atoms with Crippen LogP contribution in [-0.4, -0.2) is 40.1 Å². The summed E-state index contributed by atoms with van der Waals surface area (Å²) >= 11 is 0. The number of aromatic nitrogens is 2. The zero-order valence-corrected chi connectivity index (χ0v) is 12.2. The summed E-state index contributed by atoms with van der Waals surface area (Å²) in [4.78, 5) is 14.4. The monoisotopic (exact) mass is 284 g/mol. The maximum absolute atomic E-state index is 12.5. The highest BCUT2D eigenvalue weighted by Crippen LogP contribution is 2.22. The van der Waals surface area contributed by atoms with Gasteiger partial charge in [0.25, 0.3) is 5.91 Å². The van der Waals surface area contributed by atoms with E-state index in [9.17, 15) is 4.79 Å². The number of benzene rings is 1. The largest absolute Gasteiger partial charge is 0.333 e. The van der Waals surface area contributed by atoms with Gasteiger partial charge in [-0.25, -0.2) is 0 Å². The molecule has 2 heterocycles. The molecule has 1 aromatic carbocycles. The Kier molecular flexibility index (Phi) is 3.75. The number of amides is 1. The molecule has 1 aliphatic heterocycles. The van der Waals surface area contributed by atoms with Crippen LogP contribution < -0.4 is 5.73 Å². The number of carbonyl (C=O) groups excluding carboxylic acids is 1. The molecule has 1 unspecified atom stereocenters. The molecule has 0 radical (unpaired) electrons. The summed E-state index contributed by atoms with van der Waals surface area (Å²) in [6, 6.07) is 10.1. The predicted octanol–water partition coefficient (Wildman–Crippen LogP) is 1.95. The Bertz CT molecular complexity index is 632. The van der Waals surface area contributed by atoms with Crippen LogP contribution in [0, 0.1) is 6.92 Å². The van der Waals surface area contributed by atoms with Crippen molar-refractivity contribution in [2.75, 3.05) is 13.1 Å². The maximum atomic E-state index is 12.5. The lowest BCUT2D eigenvalue weighted by Gasteiger charge is -2.22. The van der Waals surface area contributed by atoms with E-state index in [0.29, 0.717) is 12.2 Å². The second kappa shape index (κ2) is 5.69. The molecule has 1 atom stereocenters. The number of carbonyl (C=O) groups is 1. The molecule has 1 fully saturated rings. The van der Waals surface area contributed by atoms with Gasteiger partial charge in [0.1, 0.15) is 5.69 Å². The van der Waals surface area contributed by atoms with Gasteiger partial charge in [0.15, 0.2) is 0 Å². The fourth-order valence-electron chi connectivity index (χ4n) is 2.81. The van der Waals surface area contributed by atoms with Crippen molar-refractivity contribution < 1.29 is 4.79 Å². The van der Waals surface area contributed by atoms with Crippen LogP contribution >= 0.6 is 0 Å². The third kappa shape index (κ3) is 2.69. The van der Waals surface area contributed by atoms with Crippen LogP contribution in [0.2, 0.25) is 0 Å². The van der Waals surface area contributed by atoms with Crippen molar-refractivity contribution in [2.45, 2.75) is 25.8 Å². The van der Waals surface area contributed by atoms with Crippen LogP contribution in [0.3, 0.4) is 0 Å². The van der Waals surface area contributed by atoms with Gasteiger partial charge in [-0.2, -0.15) is 5.10 Å². The first-order valence-electron chi connectivity index (χ1n) is 7.32. The zero-order chi connectivity index (χ0) is 14.8. The van der Waals surface area contributed by atoms with Crippen LogP contribution in [0.15, 0.2) is 30.3 Å². The molecule has 2 aromatic rings. The van der Waals surface area contributed by atoms with E-state index in [0.717, 1.165) is 30.6 Å². The summed E-state index contributed by atoms with van der Waals surface area (Å²) in [5.41, 5.74) is 9.27. The molecule has 3 rings (SSSR count). The highest BCUT2D eigenvalue weighted by molar-refractivity contribution is 5.93. The Balaban J connectivity index is 1.81. The van der Waals surface area contributed by atoms with Crippen molar-refractivity contribution in [2.24, 2.45) is 5.73 Å². The van der Waals surface area contributed by atoms with E-state index < -0.39 is 0 Å². The number of hydrogen-bond acceptors (Lipinski definition) is 3. The van der Waals surface area contributed by atoms with Gasteiger partial charge in [0, 0.05) is 24.7 Å². The smallest absolute Gasteiger partial charge is 0.272 e. The lowest BCUT2D eigenvalue weighted by molar-refractivity contribution is 0.0735. The fraction of sp³-hybridized carbons (Fsp3) is 0.375. The summed E-state index contributed by atoms with van der Waals surface area (Å²) in [6.45, 7) is 3.34. The first-order chi connectivity index (χ1) is 10.2. The van der Waals surface area contributed by atoms with E-state index in [1.807, 2.05) is 42.2 Å². The second-order valence-electron chi connectivity index (χ2n) is 5.56. The number of nitrogens with one attached hydrogen (secondary N) is 1. The summed E-state index contributed by atoms with van der Waals surface area (Å²) in [5, 5.41) is 7.11.